The molecule has 1 aliphatic carbocycles. The smallest absolute Gasteiger partial charge is 0.133 e. The number of aromatic nitrogens is 2. The van der Waals surface area contributed by atoms with Crippen molar-refractivity contribution in [2.45, 2.75) is 45.4 Å². The highest BCUT2D eigenvalue weighted by Crippen LogP contribution is 2.47. The molecule has 0 radical (unpaired) electrons. The quantitative estimate of drug-likeness (QED) is 0.921. The minimum absolute atomic E-state index is 0.112. The lowest BCUT2D eigenvalue weighted by Gasteiger charge is -2.36. The first-order valence-electron chi connectivity index (χ1n) is 7.83. The fourth-order valence-electron chi connectivity index (χ4n) is 3.83. The predicted octanol–water partition coefficient (Wildman–Crippen LogP) is 2.59. The Morgan fingerprint density at radius 1 is 1.45 bits per heavy atom. The van der Waals surface area contributed by atoms with E-state index >= 15 is 0 Å². The van der Waals surface area contributed by atoms with E-state index in [4.69, 9.17) is 4.98 Å². The molecule has 0 bridgehead atoms. The number of hydrogen-bond acceptors (Lipinski definition) is 4. The molecule has 3 rings (SSSR count). The van der Waals surface area contributed by atoms with Gasteiger partial charge in [-0.3, -0.25) is 0 Å². The van der Waals surface area contributed by atoms with Crippen LogP contribution < -0.4 is 4.90 Å². The summed E-state index contributed by atoms with van der Waals surface area (Å²) >= 11 is 0. The van der Waals surface area contributed by atoms with Crippen LogP contribution >= 0.6 is 0 Å². The molecule has 1 saturated heterocycles. The lowest BCUT2D eigenvalue weighted by Crippen LogP contribution is -2.37. The van der Waals surface area contributed by atoms with Crippen molar-refractivity contribution in [1.29, 1.82) is 0 Å². The standard InChI is InChI=1S/C16H25N3O/c1-12(2)15-17-8-6-14(18-15)19-9-13-5-3-4-7-16(13,10-19)11-20/h6,8,12-13,20H,3-5,7,9-11H2,1-2H3. The highest BCUT2D eigenvalue weighted by Gasteiger charge is 2.47. The number of rotatable bonds is 3. The molecule has 2 atom stereocenters. The van der Waals surface area contributed by atoms with Gasteiger partial charge >= 0.3 is 0 Å². The van der Waals surface area contributed by atoms with Crippen LogP contribution in [0.1, 0.15) is 51.3 Å². The molecule has 1 N–H and O–H groups in total. The largest absolute Gasteiger partial charge is 0.396 e. The molecule has 4 nitrogen and oxygen atoms in total. The molecular weight excluding hydrogens is 250 g/mol. The maximum absolute atomic E-state index is 9.90. The van der Waals surface area contributed by atoms with Crippen molar-refractivity contribution in [3.8, 4) is 0 Å². The second kappa shape index (κ2) is 5.32. The Balaban J connectivity index is 1.84. The summed E-state index contributed by atoms with van der Waals surface area (Å²) in [6.07, 6.45) is 6.84. The summed E-state index contributed by atoms with van der Waals surface area (Å²) in [5, 5.41) is 9.90. The van der Waals surface area contributed by atoms with Crippen LogP contribution in [0.5, 0.6) is 0 Å². The van der Waals surface area contributed by atoms with Gasteiger partial charge in [-0.15, -0.1) is 0 Å². The van der Waals surface area contributed by atoms with Crippen LogP contribution in [-0.4, -0.2) is 34.8 Å². The zero-order chi connectivity index (χ0) is 14.2. The molecule has 1 saturated carbocycles. The molecule has 0 aromatic carbocycles. The molecule has 0 amide bonds. The third-order valence-corrected chi connectivity index (χ3v) is 5.10. The second-order valence-electron chi connectivity index (χ2n) is 6.77. The highest BCUT2D eigenvalue weighted by molar-refractivity contribution is 5.40. The van der Waals surface area contributed by atoms with Gasteiger partial charge in [0.05, 0.1) is 6.61 Å². The SMILES string of the molecule is CC(C)c1nccc(N2CC3CCCCC3(CO)C2)n1. The average Bonchev–Trinajstić information content (AvgIpc) is 2.87. The Labute approximate surface area is 121 Å². The molecule has 2 aliphatic rings. The van der Waals surface area contributed by atoms with Gasteiger partial charge in [0.1, 0.15) is 11.6 Å². The molecule has 2 fully saturated rings. The maximum atomic E-state index is 9.90. The van der Waals surface area contributed by atoms with Crippen LogP contribution in [0.15, 0.2) is 12.3 Å². The van der Waals surface area contributed by atoms with Gasteiger partial charge in [-0.2, -0.15) is 0 Å². The van der Waals surface area contributed by atoms with E-state index in [-0.39, 0.29) is 5.41 Å². The Hall–Kier alpha value is -1.16. The van der Waals surface area contributed by atoms with Crippen molar-refractivity contribution in [2.24, 2.45) is 11.3 Å². The van der Waals surface area contributed by atoms with Gasteiger partial charge in [-0.1, -0.05) is 26.7 Å². The number of aliphatic hydroxyl groups excluding tert-OH is 1. The number of anilines is 1. The number of aliphatic hydroxyl groups is 1. The first-order valence-corrected chi connectivity index (χ1v) is 7.83. The Morgan fingerprint density at radius 3 is 3.00 bits per heavy atom. The van der Waals surface area contributed by atoms with Gasteiger partial charge in [0.25, 0.3) is 0 Å². The van der Waals surface area contributed by atoms with Crippen LogP contribution in [0.4, 0.5) is 5.82 Å². The fraction of sp³-hybridized carbons (Fsp3) is 0.750. The molecule has 0 spiro atoms. The van der Waals surface area contributed by atoms with Crippen molar-refractivity contribution in [3.63, 3.8) is 0 Å². The zero-order valence-electron chi connectivity index (χ0n) is 12.5. The average molecular weight is 275 g/mol. The number of nitrogens with zero attached hydrogens (tertiary/aromatic N) is 3. The summed E-state index contributed by atoms with van der Waals surface area (Å²) in [4.78, 5) is 11.4. The summed E-state index contributed by atoms with van der Waals surface area (Å²) < 4.78 is 0. The zero-order valence-corrected chi connectivity index (χ0v) is 12.5. The highest BCUT2D eigenvalue weighted by atomic mass is 16.3. The topological polar surface area (TPSA) is 49.2 Å². The van der Waals surface area contributed by atoms with E-state index in [1.807, 2.05) is 12.3 Å². The van der Waals surface area contributed by atoms with Crippen LogP contribution in [0.25, 0.3) is 0 Å². The van der Waals surface area contributed by atoms with Gasteiger partial charge < -0.3 is 10.0 Å². The van der Waals surface area contributed by atoms with E-state index in [9.17, 15) is 5.11 Å². The molecule has 20 heavy (non-hydrogen) atoms. The van der Waals surface area contributed by atoms with Gasteiger partial charge in [-0.05, 0) is 24.8 Å². The first kappa shape index (κ1) is 13.8. The third kappa shape index (κ3) is 2.30. The molecule has 1 aromatic rings. The maximum Gasteiger partial charge on any atom is 0.133 e. The van der Waals surface area contributed by atoms with Crippen LogP contribution in [0.2, 0.25) is 0 Å². The summed E-state index contributed by atoms with van der Waals surface area (Å²) in [6.45, 7) is 6.55. The molecule has 2 heterocycles. The summed E-state index contributed by atoms with van der Waals surface area (Å²) in [5.41, 5.74) is 0.112. The van der Waals surface area contributed by atoms with Gasteiger partial charge in [0, 0.05) is 30.6 Å². The first-order chi connectivity index (χ1) is 9.64. The fourth-order valence-corrected chi connectivity index (χ4v) is 3.83. The molecule has 110 valence electrons. The van der Waals surface area contributed by atoms with Crippen molar-refractivity contribution < 1.29 is 5.11 Å². The molecule has 1 aromatic heterocycles. The molecule has 2 unspecified atom stereocenters. The lowest BCUT2D eigenvalue weighted by molar-refractivity contribution is 0.0626. The molecule has 1 aliphatic heterocycles. The monoisotopic (exact) mass is 275 g/mol. The third-order valence-electron chi connectivity index (χ3n) is 5.10. The van der Waals surface area contributed by atoms with E-state index in [1.54, 1.807) is 0 Å². The van der Waals surface area contributed by atoms with Crippen LogP contribution in [-0.2, 0) is 0 Å². The van der Waals surface area contributed by atoms with E-state index in [0.717, 1.165) is 31.2 Å². The molecule has 4 heteroatoms. The van der Waals surface area contributed by atoms with E-state index in [1.165, 1.54) is 19.3 Å². The van der Waals surface area contributed by atoms with Gasteiger partial charge in [-0.25, -0.2) is 9.97 Å². The normalized spacial score (nSPS) is 29.8. The second-order valence-corrected chi connectivity index (χ2v) is 6.77. The van der Waals surface area contributed by atoms with Gasteiger partial charge in [0.2, 0.25) is 0 Å². The van der Waals surface area contributed by atoms with Crippen molar-refractivity contribution in [2.75, 3.05) is 24.6 Å². The number of hydrogen-bond donors (Lipinski definition) is 1. The Bertz CT molecular complexity index is 477. The van der Waals surface area contributed by atoms with Crippen LogP contribution in [0.3, 0.4) is 0 Å². The summed E-state index contributed by atoms with van der Waals surface area (Å²) in [5.74, 6) is 2.92. The lowest BCUT2D eigenvalue weighted by atomic mass is 9.69. The van der Waals surface area contributed by atoms with E-state index in [2.05, 4.69) is 23.7 Å². The van der Waals surface area contributed by atoms with Crippen molar-refractivity contribution >= 4 is 5.82 Å². The Kier molecular flexibility index (Phi) is 3.67. The minimum Gasteiger partial charge on any atom is -0.396 e. The van der Waals surface area contributed by atoms with Gasteiger partial charge in [0.15, 0.2) is 0 Å². The molecular formula is C16H25N3O. The predicted molar refractivity (Wildman–Crippen MR) is 79.8 cm³/mol. The summed E-state index contributed by atoms with van der Waals surface area (Å²) in [7, 11) is 0. The summed E-state index contributed by atoms with van der Waals surface area (Å²) in [6, 6.07) is 2.01. The van der Waals surface area contributed by atoms with E-state index in [0.29, 0.717) is 18.4 Å². The van der Waals surface area contributed by atoms with Crippen molar-refractivity contribution in [3.05, 3.63) is 18.1 Å². The number of fused-ring (bicyclic) bond motifs is 1. The minimum atomic E-state index is 0.112. The van der Waals surface area contributed by atoms with E-state index < -0.39 is 0 Å². The van der Waals surface area contributed by atoms with Crippen LogP contribution in [0, 0.1) is 11.3 Å². The van der Waals surface area contributed by atoms with Crippen molar-refractivity contribution in [1.82, 2.24) is 9.97 Å². The Morgan fingerprint density at radius 2 is 2.30 bits per heavy atom.